The number of H-pyrrole nitrogens is 1. The van der Waals surface area contributed by atoms with E-state index in [1.165, 1.54) is 5.56 Å². The van der Waals surface area contributed by atoms with Crippen LogP contribution in [0.2, 0.25) is 0 Å². The van der Waals surface area contributed by atoms with E-state index in [4.69, 9.17) is 0 Å². The van der Waals surface area contributed by atoms with Crippen LogP contribution in [0.15, 0.2) is 28.9 Å². The molecule has 2 aromatic rings. The van der Waals surface area contributed by atoms with Crippen LogP contribution in [-0.4, -0.2) is 9.97 Å². The van der Waals surface area contributed by atoms with Gasteiger partial charge in [0.25, 0.3) is 0 Å². The number of anilines is 2. The van der Waals surface area contributed by atoms with Crippen LogP contribution in [0.5, 0.6) is 0 Å². The Hall–Kier alpha value is -1.29. The molecular weight excluding hydrogens is 254 g/mol. The topological polar surface area (TPSA) is 40.7 Å². The fourth-order valence-electron chi connectivity index (χ4n) is 1.28. The molecule has 0 bridgehead atoms. The lowest BCUT2D eigenvalue weighted by Crippen LogP contribution is -1.92. The fourth-order valence-corrected chi connectivity index (χ4v) is 1.66. The molecule has 1 heterocycles. The van der Waals surface area contributed by atoms with Crippen molar-refractivity contribution in [2.24, 2.45) is 0 Å². The zero-order valence-corrected chi connectivity index (χ0v) is 10.2. The third-order valence-electron chi connectivity index (χ3n) is 2.14. The maximum atomic E-state index is 4.18. The highest BCUT2D eigenvalue weighted by atomic mass is 79.9. The van der Waals surface area contributed by atoms with E-state index in [0.29, 0.717) is 0 Å². The average Bonchev–Trinajstić information content (AvgIpc) is 2.58. The highest BCUT2D eigenvalue weighted by Crippen LogP contribution is 2.22. The minimum absolute atomic E-state index is 0.767. The summed E-state index contributed by atoms with van der Waals surface area (Å²) in [6.07, 6.45) is 1.80. The first-order chi connectivity index (χ1) is 7.15. The van der Waals surface area contributed by atoms with Gasteiger partial charge in [-0.3, -0.25) is 0 Å². The van der Waals surface area contributed by atoms with Crippen molar-refractivity contribution in [3.05, 3.63) is 40.1 Å². The van der Waals surface area contributed by atoms with E-state index in [1.54, 1.807) is 6.20 Å². The SMILES string of the molecule is Cc1cnc(Nc2ccc(C)c(Br)c2)[nH]1. The summed E-state index contributed by atoms with van der Waals surface area (Å²) in [6.45, 7) is 4.04. The van der Waals surface area contributed by atoms with Gasteiger partial charge in [-0.2, -0.15) is 0 Å². The number of benzene rings is 1. The molecule has 0 spiro atoms. The fraction of sp³-hybridized carbons (Fsp3) is 0.182. The molecule has 2 N–H and O–H groups in total. The molecule has 0 amide bonds. The lowest BCUT2D eigenvalue weighted by Gasteiger charge is -2.04. The molecule has 2 rings (SSSR count). The normalized spacial score (nSPS) is 10.3. The van der Waals surface area contributed by atoms with Crippen molar-refractivity contribution < 1.29 is 0 Å². The van der Waals surface area contributed by atoms with Crippen molar-refractivity contribution in [1.29, 1.82) is 0 Å². The van der Waals surface area contributed by atoms with Crippen LogP contribution in [0.4, 0.5) is 11.6 Å². The van der Waals surface area contributed by atoms with Crippen LogP contribution in [0.3, 0.4) is 0 Å². The van der Waals surface area contributed by atoms with Crippen LogP contribution in [0.25, 0.3) is 0 Å². The molecule has 0 saturated carbocycles. The molecule has 15 heavy (non-hydrogen) atoms. The van der Waals surface area contributed by atoms with Gasteiger partial charge in [-0.25, -0.2) is 4.98 Å². The largest absolute Gasteiger partial charge is 0.328 e. The van der Waals surface area contributed by atoms with Gasteiger partial charge in [-0.15, -0.1) is 0 Å². The Bertz CT molecular complexity index is 476. The average molecular weight is 266 g/mol. The lowest BCUT2D eigenvalue weighted by atomic mass is 10.2. The number of imidazole rings is 1. The monoisotopic (exact) mass is 265 g/mol. The summed E-state index contributed by atoms with van der Waals surface area (Å²) in [5.74, 6) is 0.767. The van der Waals surface area contributed by atoms with Crippen molar-refractivity contribution in [1.82, 2.24) is 9.97 Å². The van der Waals surface area contributed by atoms with Gasteiger partial charge in [0.15, 0.2) is 0 Å². The first kappa shape index (κ1) is 10.2. The number of hydrogen-bond acceptors (Lipinski definition) is 2. The van der Waals surface area contributed by atoms with Gasteiger partial charge in [-0.1, -0.05) is 22.0 Å². The molecule has 3 nitrogen and oxygen atoms in total. The molecule has 0 aliphatic carbocycles. The van der Waals surface area contributed by atoms with E-state index in [2.05, 4.69) is 44.2 Å². The van der Waals surface area contributed by atoms with Crippen molar-refractivity contribution in [2.45, 2.75) is 13.8 Å². The summed E-state index contributed by atoms with van der Waals surface area (Å²) in [5, 5.41) is 3.20. The van der Waals surface area contributed by atoms with Crippen molar-refractivity contribution in [3.63, 3.8) is 0 Å². The number of halogens is 1. The minimum Gasteiger partial charge on any atom is -0.328 e. The zero-order valence-electron chi connectivity index (χ0n) is 8.63. The quantitative estimate of drug-likeness (QED) is 0.872. The Labute approximate surface area is 97.1 Å². The van der Waals surface area contributed by atoms with E-state index >= 15 is 0 Å². The summed E-state index contributed by atoms with van der Waals surface area (Å²) in [6, 6.07) is 6.12. The van der Waals surface area contributed by atoms with Crippen LogP contribution in [0.1, 0.15) is 11.3 Å². The number of aromatic amines is 1. The summed E-state index contributed by atoms with van der Waals surface area (Å²) < 4.78 is 1.09. The molecule has 1 aromatic heterocycles. The molecule has 0 saturated heterocycles. The third-order valence-corrected chi connectivity index (χ3v) is 2.99. The number of nitrogens with one attached hydrogen (secondary N) is 2. The van der Waals surface area contributed by atoms with Gasteiger partial charge >= 0.3 is 0 Å². The number of aryl methyl sites for hydroxylation is 2. The van der Waals surface area contributed by atoms with Gasteiger partial charge in [0.1, 0.15) is 0 Å². The Kier molecular flexibility index (Phi) is 2.77. The van der Waals surface area contributed by atoms with Gasteiger partial charge in [0, 0.05) is 22.1 Å². The molecule has 0 aliphatic heterocycles. The van der Waals surface area contributed by atoms with Crippen LogP contribution < -0.4 is 5.32 Å². The van der Waals surface area contributed by atoms with Crippen molar-refractivity contribution in [2.75, 3.05) is 5.32 Å². The Balaban J connectivity index is 2.21. The molecule has 0 atom stereocenters. The second-order valence-corrected chi connectivity index (χ2v) is 4.36. The molecule has 0 radical (unpaired) electrons. The Morgan fingerprint density at radius 1 is 1.33 bits per heavy atom. The summed E-state index contributed by atoms with van der Waals surface area (Å²) >= 11 is 3.49. The van der Waals surface area contributed by atoms with Crippen LogP contribution in [0, 0.1) is 13.8 Å². The molecule has 0 fully saturated rings. The predicted octanol–water partition coefficient (Wildman–Crippen LogP) is 3.53. The maximum Gasteiger partial charge on any atom is 0.204 e. The Morgan fingerprint density at radius 3 is 2.73 bits per heavy atom. The van der Waals surface area contributed by atoms with Crippen molar-refractivity contribution in [3.8, 4) is 0 Å². The number of nitrogens with zero attached hydrogens (tertiary/aromatic N) is 1. The summed E-state index contributed by atoms with van der Waals surface area (Å²) in [4.78, 5) is 7.30. The van der Waals surface area contributed by atoms with Crippen LogP contribution >= 0.6 is 15.9 Å². The van der Waals surface area contributed by atoms with Gasteiger partial charge < -0.3 is 10.3 Å². The molecule has 0 unspecified atom stereocenters. The Morgan fingerprint density at radius 2 is 2.13 bits per heavy atom. The second-order valence-electron chi connectivity index (χ2n) is 3.50. The predicted molar refractivity (Wildman–Crippen MR) is 65.5 cm³/mol. The highest BCUT2D eigenvalue weighted by molar-refractivity contribution is 9.10. The van der Waals surface area contributed by atoms with E-state index in [0.717, 1.165) is 21.8 Å². The maximum absolute atomic E-state index is 4.18. The number of hydrogen-bond donors (Lipinski definition) is 2. The first-order valence-corrected chi connectivity index (χ1v) is 5.49. The zero-order chi connectivity index (χ0) is 10.8. The van der Waals surface area contributed by atoms with Gasteiger partial charge in [0.2, 0.25) is 5.95 Å². The van der Waals surface area contributed by atoms with Gasteiger partial charge in [-0.05, 0) is 31.5 Å². The van der Waals surface area contributed by atoms with Gasteiger partial charge in [0.05, 0.1) is 0 Å². The van der Waals surface area contributed by atoms with Crippen molar-refractivity contribution >= 4 is 27.6 Å². The minimum atomic E-state index is 0.767. The summed E-state index contributed by atoms with van der Waals surface area (Å²) in [7, 11) is 0. The smallest absolute Gasteiger partial charge is 0.204 e. The number of aromatic nitrogens is 2. The van der Waals surface area contributed by atoms with E-state index in [9.17, 15) is 0 Å². The standard InChI is InChI=1S/C11H12BrN3/c1-7-3-4-9(5-10(7)12)15-11-13-6-8(2)14-11/h3-6H,1-2H3,(H2,13,14,15). The van der Waals surface area contributed by atoms with Crippen LogP contribution in [-0.2, 0) is 0 Å². The van der Waals surface area contributed by atoms with E-state index in [1.807, 2.05) is 19.1 Å². The van der Waals surface area contributed by atoms with E-state index < -0.39 is 0 Å². The molecule has 4 heteroatoms. The second kappa shape index (κ2) is 4.06. The van der Waals surface area contributed by atoms with E-state index in [-0.39, 0.29) is 0 Å². The molecule has 0 aliphatic rings. The number of rotatable bonds is 2. The lowest BCUT2D eigenvalue weighted by molar-refractivity contribution is 1.24. The molecular formula is C11H12BrN3. The highest BCUT2D eigenvalue weighted by Gasteiger charge is 2.00. The third kappa shape index (κ3) is 2.39. The molecule has 78 valence electrons. The first-order valence-electron chi connectivity index (χ1n) is 4.70. The summed E-state index contributed by atoms with van der Waals surface area (Å²) in [5.41, 5.74) is 3.28. The molecule has 1 aromatic carbocycles.